The molecular weight excluding hydrogens is 443 g/mol. The molecule has 1 aliphatic carbocycles. The monoisotopic (exact) mass is 466 g/mol. The first-order chi connectivity index (χ1) is 10.5. The van der Waals surface area contributed by atoms with Crippen LogP contribution in [0.25, 0.3) is 11.0 Å². The van der Waals surface area contributed by atoms with Gasteiger partial charge < -0.3 is 15.0 Å². The third-order valence-corrected chi connectivity index (χ3v) is 5.67. The average Bonchev–Trinajstić information content (AvgIpc) is 3.25. The predicted molar refractivity (Wildman–Crippen MR) is 90.3 cm³/mol. The molecular formula is C16H23CsN3O3Si-. The molecule has 24 heavy (non-hydrogen) atoms. The van der Waals surface area contributed by atoms with Crippen molar-refractivity contribution in [3.05, 3.63) is 23.5 Å². The maximum atomic E-state index is 11.1. The van der Waals surface area contributed by atoms with Crippen molar-refractivity contribution in [2.75, 3.05) is 6.61 Å². The van der Waals surface area contributed by atoms with Crippen LogP contribution in [0.3, 0.4) is 0 Å². The van der Waals surface area contributed by atoms with Gasteiger partial charge >= 0.3 is 68.9 Å². The van der Waals surface area contributed by atoms with Crippen molar-refractivity contribution in [3.63, 3.8) is 0 Å². The molecule has 1 saturated carbocycles. The number of aromatic nitrogens is 3. The van der Waals surface area contributed by atoms with Gasteiger partial charge in [0.15, 0.2) is 0 Å². The van der Waals surface area contributed by atoms with E-state index in [9.17, 15) is 4.79 Å². The summed E-state index contributed by atoms with van der Waals surface area (Å²) in [5.41, 5.74) is 2.23. The van der Waals surface area contributed by atoms with E-state index in [0.29, 0.717) is 24.0 Å². The van der Waals surface area contributed by atoms with Gasteiger partial charge in [-0.05, 0) is 36.1 Å². The smallest absolute Gasteiger partial charge is 0.870 e. The van der Waals surface area contributed by atoms with Gasteiger partial charge in [0.25, 0.3) is 0 Å². The Balaban J connectivity index is 0.00000144. The van der Waals surface area contributed by atoms with Gasteiger partial charge in [0.2, 0.25) is 0 Å². The summed E-state index contributed by atoms with van der Waals surface area (Å²) >= 11 is 0. The number of rotatable bonds is 7. The first kappa shape index (κ1) is 22.5. The number of hydrogen-bond acceptors (Lipinski definition) is 5. The molecule has 6 nitrogen and oxygen atoms in total. The molecule has 3 rings (SSSR count). The molecule has 2 heterocycles. The number of nitrogens with zero attached hydrogens (tertiary/aromatic N) is 3. The number of fused-ring (bicyclic) bond motifs is 1. The summed E-state index contributed by atoms with van der Waals surface area (Å²) in [6.07, 6.45) is 6.24. The molecule has 1 fully saturated rings. The molecule has 2 aromatic heterocycles. The van der Waals surface area contributed by atoms with Gasteiger partial charge in [-0.1, -0.05) is 19.6 Å². The summed E-state index contributed by atoms with van der Waals surface area (Å²) in [6, 6.07) is 3.14. The van der Waals surface area contributed by atoms with Crippen LogP contribution in [0.4, 0.5) is 0 Å². The topological polar surface area (TPSA) is 87.0 Å². The van der Waals surface area contributed by atoms with Gasteiger partial charge in [0.05, 0.1) is 5.65 Å². The average molecular weight is 466 g/mol. The maximum absolute atomic E-state index is 11.1. The fraction of sp³-hybridized carbons (Fsp3) is 0.562. The largest absolute Gasteiger partial charge is 1.00 e. The molecule has 2 aromatic rings. The summed E-state index contributed by atoms with van der Waals surface area (Å²) in [6.45, 7) is 8.01. The molecule has 8 heteroatoms. The van der Waals surface area contributed by atoms with E-state index in [0.717, 1.165) is 18.0 Å². The molecule has 0 bridgehead atoms. The van der Waals surface area contributed by atoms with E-state index in [1.54, 1.807) is 4.68 Å². The fourth-order valence-electron chi connectivity index (χ4n) is 2.41. The van der Waals surface area contributed by atoms with Crippen molar-refractivity contribution in [3.8, 4) is 0 Å². The van der Waals surface area contributed by atoms with E-state index in [1.165, 1.54) is 18.4 Å². The summed E-state index contributed by atoms with van der Waals surface area (Å²) in [4.78, 5) is 15.6. The summed E-state index contributed by atoms with van der Waals surface area (Å²) in [5.74, 6) is 0.604. The molecule has 0 amide bonds. The van der Waals surface area contributed by atoms with Crippen LogP contribution in [0.1, 0.15) is 30.0 Å². The molecule has 1 N–H and O–H groups in total. The Labute approximate surface area is 202 Å². The second-order valence-corrected chi connectivity index (χ2v) is 12.8. The Kier molecular flexibility index (Phi) is 8.84. The molecule has 0 radical (unpaired) electrons. The Morgan fingerprint density at radius 3 is 2.67 bits per heavy atom. The number of pyridine rings is 1. The van der Waals surface area contributed by atoms with Gasteiger partial charge in [-0.3, -0.25) is 4.98 Å². The number of ether oxygens (including phenoxy) is 1. The van der Waals surface area contributed by atoms with Crippen LogP contribution in [0.2, 0.25) is 25.7 Å². The Morgan fingerprint density at radius 2 is 2.08 bits per heavy atom. The quantitative estimate of drug-likeness (QED) is 0.323. The van der Waals surface area contributed by atoms with E-state index in [2.05, 4.69) is 29.7 Å². The van der Waals surface area contributed by atoms with Gasteiger partial charge in [0.1, 0.15) is 6.73 Å². The molecule has 0 aliphatic heterocycles. The maximum Gasteiger partial charge on any atom is 1.00 e. The van der Waals surface area contributed by atoms with Crippen molar-refractivity contribution >= 4 is 25.4 Å². The standard InChI is InChI=1S/C16H22N3O2Si.Cs.H2O/c1-22(2,3)7-6-21-11-19-16-14(15(10-20)18-19)8-13(9-17-16)12-4-5-12;;/h8-9,12H,4-7,11H2,1-3H3;;1H2/q-1;+1;/p-1. The Morgan fingerprint density at radius 1 is 1.38 bits per heavy atom. The predicted octanol–water partition coefficient (Wildman–Crippen LogP) is -0.0940. The van der Waals surface area contributed by atoms with Crippen LogP contribution < -0.4 is 68.9 Å². The molecule has 126 valence electrons. The van der Waals surface area contributed by atoms with Crippen molar-refractivity contribution < 1.29 is 83.9 Å². The van der Waals surface area contributed by atoms with Crippen LogP contribution in [0, 0.1) is 0 Å². The number of carbonyl (C=O) groups excluding carboxylic acids is 1. The molecule has 0 unspecified atom stereocenters. The van der Waals surface area contributed by atoms with E-state index in [4.69, 9.17) is 4.74 Å². The van der Waals surface area contributed by atoms with Gasteiger partial charge in [-0.25, -0.2) is 9.78 Å². The minimum Gasteiger partial charge on any atom is -0.870 e. The zero-order chi connectivity index (χ0) is 15.7. The first-order valence-corrected chi connectivity index (χ1v) is 11.5. The van der Waals surface area contributed by atoms with E-state index in [-0.39, 0.29) is 74.4 Å². The SMILES string of the molecule is C[Si](C)(C)CCOCn1nc([C-]=O)c2cc(C3CC3)cnc21.[Cs+].[OH-]. The summed E-state index contributed by atoms with van der Waals surface area (Å²) in [5, 5.41) is 5.06. The summed E-state index contributed by atoms with van der Waals surface area (Å²) in [7, 11) is -1.10. The van der Waals surface area contributed by atoms with Crippen LogP contribution in [-0.2, 0) is 16.3 Å². The van der Waals surface area contributed by atoms with Crippen LogP contribution in [0.5, 0.6) is 0 Å². The third-order valence-electron chi connectivity index (χ3n) is 3.96. The van der Waals surface area contributed by atoms with E-state index < -0.39 is 8.07 Å². The molecule has 0 atom stereocenters. The second-order valence-electron chi connectivity index (χ2n) is 7.21. The Bertz CT molecular complexity index is 696. The van der Waals surface area contributed by atoms with Crippen LogP contribution in [0.15, 0.2) is 12.3 Å². The normalized spacial score (nSPS) is 14.1. The molecule has 0 aromatic carbocycles. The van der Waals surface area contributed by atoms with Crippen LogP contribution >= 0.6 is 0 Å². The van der Waals surface area contributed by atoms with Gasteiger partial charge in [-0.15, -0.1) is 11.5 Å². The third kappa shape index (κ3) is 5.75. The minimum atomic E-state index is -1.10. The zero-order valence-corrected chi connectivity index (χ0v) is 22.2. The second kappa shape index (κ2) is 9.43. The molecule has 0 spiro atoms. The van der Waals surface area contributed by atoms with Crippen molar-refractivity contribution in [2.45, 2.75) is 51.2 Å². The molecule has 1 aliphatic rings. The molecule has 0 saturated heterocycles. The van der Waals surface area contributed by atoms with E-state index in [1.807, 2.05) is 18.5 Å². The van der Waals surface area contributed by atoms with Crippen molar-refractivity contribution in [1.29, 1.82) is 0 Å². The Hall–Kier alpha value is 0.479. The number of hydrogen-bond donors (Lipinski definition) is 0. The fourth-order valence-corrected chi connectivity index (χ4v) is 3.17. The van der Waals surface area contributed by atoms with Gasteiger partial charge in [0, 0.05) is 27.2 Å². The summed E-state index contributed by atoms with van der Waals surface area (Å²) < 4.78 is 7.38. The first-order valence-electron chi connectivity index (χ1n) is 7.80. The van der Waals surface area contributed by atoms with Crippen molar-refractivity contribution in [1.82, 2.24) is 14.8 Å². The van der Waals surface area contributed by atoms with Gasteiger partial charge in [-0.2, -0.15) is 0 Å². The van der Waals surface area contributed by atoms with Crippen LogP contribution in [-0.4, -0.2) is 41.2 Å². The van der Waals surface area contributed by atoms with Crippen molar-refractivity contribution in [2.24, 2.45) is 0 Å². The zero-order valence-electron chi connectivity index (χ0n) is 14.9. The van der Waals surface area contributed by atoms with E-state index >= 15 is 0 Å². The minimum absolute atomic E-state index is 0.